The standard InChI is InChI=1S/C12H22N2O3S2/c1-9(8-19(5,15)16)6-18-7-10-13-11(14-17-10)12(2,3)4/h9H,6-8H2,1-5H3/t9-/m0/s1. The van der Waals surface area contributed by atoms with E-state index in [0.717, 1.165) is 5.75 Å². The van der Waals surface area contributed by atoms with Crippen molar-refractivity contribution >= 4 is 21.6 Å². The van der Waals surface area contributed by atoms with Gasteiger partial charge in [0, 0.05) is 11.7 Å². The van der Waals surface area contributed by atoms with Crippen molar-refractivity contribution in [3.63, 3.8) is 0 Å². The van der Waals surface area contributed by atoms with Gasteiger partial charge in [-0.15, -0.1) is 0 Å². The molecule has 0 saturated carbocycles. The summed E-state index contributed by atoms with van der Waals surface area (Å²) in [6, 6.07) is 0. The van der Waals surface area contributed by atoms with Gasteiger partial charge in [0.05, 0.1) is 11.5 Å². The summed E-state index contributed by atoms with van der Waals surface area (Å²) < 4.78 is 27.5. The molecule has 0 amide bonds. The largest absolute Gasteiger partial charge is 0.338 e. The van der Waals surface area contributed by atoms with E-state index in [2.05, 4.69) is 10.1 Å². The first-order chi connectivity index (χ1) is 8.58. The van der Waals surface area contributed by atoms with Gasteiger partial charge in [0.1, 0.15) is 9.84 Å². The van der Waals surface area contributed by atoms with Gasteiger partial charge in [0.15, 0.2) is 5.82 Å². The Balaban J connectivity index is 2.40. The number of rotatable bonds is 6. The Bertz CT molecular complexity index is 503. The summed E-state index contributed by atoms with van der Waals surface area (Å²) in [6.07, 6.45) is 1.27. The van der Waals surface area contributed by atoms with Crippen molar-refractivity contribution in [2.45, 2.75) is 38.9 Å². The minimum Gasteiger partial charge on any atom is -0.338 e. The second-order valence-electron chi connectivity index (χ2n) is 5.97. The van der Waals surface area contributed by atoms with Crippen molar-refractivity contribution in [2.24, 2.45) is 5.92 Å². The zero-order chi connectivity index (χ0) is 14.7. The molecule has 0 fully saturated rings. The summed E-state index contributed by atoms with van der Waals surface area (Å²) in [6.45, 7) is 8.03. The van der Waals surface area contributed by atoms with Crippen LogP contribution in [0.1, 0.15) is 39.4 Å². The summed E-state index contributed by atoms with van der Waals surface area (Å²) in [5.74, 6) is 3.04. The van der Waals surface area contributed by atoms with Crippen molar-refractivity contribution in [3.8, 4) is 0 Å². The molecule has 19 heavy (non-hydrogen) atoms. The third-order valence-corrected chi connectivity index (χ3v) is 4.78. The number of thioether (sulfide) groups is 1. The van der Waals surface area contributed by atoms with Crippen molar-refractivity contribution in [1.29, 1.82) is 0 Å². The number of hydrogen-bond donors (Lipinski definition) is 0. The SMILES string of the molecule is C[C@@H](CSCc1nc(C(C)(C)C)no1)CS(C)(=O)=O. The molecular weight excluding hydrogens is 284 g/mol. The Kier molecular flexibility index (Phi) is 5.43. The predicted octanol–water partition coefficient (Wildman–Crippen LogP) is 2.28. The average molecular weight is 306 g/mol. The van der Waals surface area contributed by atoms with E-state index >= 15 is 0 Å². The molecule has 1 aromatic heterocycles. The van der Waals surface area contributed by atoms with Crippen LogP contribution in [0.3, 0.4) is 0 Å². The van der Waals surface area contributed by atoms with Crippen LogP contribution in [0.15, 0.2) is 4.52 Å². The zero-order valence-corrected chi connectivity index (χ0v) is 13.8. The molecule has 0 spiro atoms. The maximum Gasteiger partial charge on any atom is 0.236 e. The van der Waals surface area contributed by atoms with Crippen LogP contribution in [0.2, 0.25) is 0 Å². The number of hydrogen-bond acceptors (Lipinski definition) is 6. The number of nitrogens with zero attached hydrogens (tertiary/aromatic N) is 2. The summed E-state index contributed by atoms with van der Waals surface area (Å²) in [5.41, 5.74) is -0.115. The topological polar surface area (TPSA) is 73.1 Å². The second-order valence-corrected chi connectivity index (χ2v) is 9.19. The van der Waals surface area contributed by atoms with Crippen LogP contribution in [0, 0.1) is 5.92 Å². The molecule has 0 N–H and O–H groups in total. The Morgan fingerprint density at radius 3 is 2.47 bits per heavy atom. The highest BCUT2D eigenvalue weighted by Crippen LogP contribution is 2.21. The highest BCUT2D eigenvalue weighted by molar-refractivity contribution is 7.98. The first kappa shape index (κ1) is 16.5. The van der Waals surface area contributed by atoms with Gasteiger partial charge in [0.2, 0.25) is 5.89 Å². The highest BCUT2D eigenvalue weighted by atomic mass is 32.2. The maximum atomic E-state index is 11.1. The Labute approximate surface area is 119 Å². The molecule has 1 rings (SSSR count). The molecule has 0 aliphatic carbocycles. The predicted molar refractivity (Wildman–Crippen MR) is 78.0 cm³/mol. The molecular formula is C12H22N2O3S2. The molecule has 7 heteroatoms. The quantitative estimate of drug-likeness (QED) is 0.803. The lowest BCUT2D eigenvalue weighted by Crippen LogP contribution is -2.14. The highest BCUT2D eigenvalue weighted by Gasteiger charge is 2.21. The first-order valence-corrected chi connectivity index (χ1v) is 9.38. The minimum atomic E-state index is -2.90. The molecule has 0 saturated heterocycles. The smallest absolute Gasteiger partial charge is 0.236 e. The van der Waals surface area contributed by atoms with E-state index in [-0.39, 0.29) is 17.1 Å². The fraction of sp³-hybridized carbons (Fsp3) is 0.833. The van der Waals surface area contributed by atoms with Gasteiger partial charge < -0.3 is 4.52 Å². The Morgan fingerprint density at radius 2 is 2.00 bits per heavy atom. The fourth-order valence-electron chi connectivity index (χ4n) is 1.53. The lowest BCUT2D eigenvalue weighted by atomic mass is 9.96. The first-order valence-electron chi connectivity index (χ1n) is 6.16. The van der Waals surface area contributed by atoms with E-state index < -0.39 is 9.84 Å². The minimum absolute atomic E-state index is 0.115. The Morgan fingerprint density at radius 1 is 1.37 bits per heavy atom. The monoisotopic (exact) mass is 306 g/mol. The van der Waals surface area contributed by atoms with Crippen molar-refractivity contribution < 1.29 is 12.9 Å². The molecule has 0 radical (unpaired) electrons. The summed E-state index contributed by atoms with van der Waals surface area (Å²) >= 11 is 1.62. The van der Waals surface area contributed by atoms with E-state index in [0.29, 0.717) is 17.5 Å². The molecule has 0 bridgehead atoms. The number of aromatic nitrogens is 2. The van der Waals surface area contributed by atoms with Crippen LogP contribution in [-0.4, -0.2) is 36.3 Å². The van der Waals surface area contributed by atoms with Crippen LogP contribution < -0.4 is 0 Å². The summed E-state index contributed by atoms with van der Waals surface area (Å²) in [4.78, 5) is 4.34. The van der Waals surface area contributed by atoms with E-state index in [4.69, 9.17) is 4.52 Å². The van der Waals surface area contributed by atoms with Crippen molar-refractivity contribution in [2.75, 3.05) is 17.8 Å². The third-order valence-electron chi connectivity index (χ3n) is 2.35. The molecule has 0 aliphatic rings. The van der Waals surface area contributed by atoms with Gasteiger partial charge in [-0.2, -0.15) is 16.7 Å². The molecule has 1 aromatic rings. The van der Waals surface area contributed by atoms with Crippen LogP contribution in [0.4, 0.5) is 0 Å². The van der Waals surface area contributed by atoms with Crippen LogP contribution in [0.25, 0.3) is 0 Å². The fourth-order valence-corrected chi connectivity index (χ4v) is 3.76. The van der Waals surface area contributed by atoms with E-state index in [1.807, 2.05) is 27.7 Å². The third kappa shape index (κ3) is 6.42. The van der Waals surface area contributed by atoms with E-state index in [9.17, 15) is 8.42 Å². The molecule has 1 heterocycles. The summed E-state index contributed by atoms with van der Waals surface area (Å²) in [5, 5.41) is 3.95. The molecule has 0 unspecified atom stereocenters. The van der Waals surface area contributed by atoms with Gasteiger partial charge in [-0.3, -0.25) is 0 Å². The number of sulfone groups is 1. The van der Waals surface area contributed by atoms with Crippen LogP contribution in [0.5, 0.6) is 0 Å². The maximum absolute atomic E-state index is 11.1. The Hall–Kier alpha value is -0.560. The van der Waals surface area contributed by atoms with Gasteiger partial charge in [-0.25, -0.2) is 8.42 Å². The zero-order valence-electron chi connectivity index (χ0n) is 12.1. The lowest BCUT2D eigenvalue weighted by Gasteiger charge is -2.11. The van der Waals surface area contributed by atoms with Gasteiger partial charge in [-0.05, 0) is 11.7 Å². The van der Waals surface area contributed by atoms with Gasteiger partial charge >= 0.3 is 0 Å². The van der Waals surface area contributed by atoms with Gasteiger partial charge in [-0.1, -0.05) is 32.9 Å². The van der Waals surface area contributed by atoms with E-state index in [1.165, 1.54) is 6.26 Å². The normalized spacial score (nSPS) is 14.6. The van der Waals surface area contributed by atoms with Crippen molar-refractivity contribution in [3.05, 3.63) is 11.7 Å². The molecule has 0 aliphatic heterocycles. The second kappa shape index (κ2) is 6.26. The lowest BCUT2D eigenvalue weighted by molar-refractivity contribution is 0.373. The van der Waals surface area contributed by atoms with Crippen LogP contribution in [-0.2, 0) is 21.0 Å². The van der Waals surface area contributed by atoms with Crippen LogP contribution >= 0.6 is 11.8 Å². The molecule has 110 valence electrons. The average Bonchev–Trinajstić information content (AvgIpc) is 2.62. The van der Waals surface area contributed by atoms with E-state index in [1.54, 1.807) is 11.8 Å². The summed E-state index contributed by atoms with van der Waals surface area (Å²) in [7, 11) is -2.90. The van der Waals surface area contributed by atoms with Gasteiger partial charge in [0.25, 0.3) is 0 Å². The van der Waals surface area contributed by atoms with Crippen molar-refractivity contribution in [1.82, 2.24) is 10.1 Å². The molecule has 0 aromatic carbocycles. The molecule has 5 nitrogen and oxygen atoms in total. The molecule has 1 atom stereocenters.